The Bertz CT molecular complexity index is 537. The van der Waals surface area contributed by atoms with Crippen LogP contribution in [0.15, 0.2) is 30.3 Å². The minimum absolute atomic E-state index is 0.246. The maximum atomic E-state index is 12.1. The Kier molecular flexibility index (Phi) is 5.59. The van der Waals surface area contributed by atoms with Crippen molar-refractivity contribution >= 4 is 5.97 Å². The molecule has 118 valence electrons. The van der Waals surface area contributed by atoms with Gasteiger partial charge in [-0.1, -0.05) is 42.7 Å². The Hall–Kier alpha value is -1.83. The Morgan fingerprint density at radius 3 is 2.91 bits per heavy atom. The zero-order chi connectivity index (χ0) is 16.0. The van der Waals surface area contributed by atoms with E-state index < -0.39 is 11.6 Å². The maximum Gasteiger partial charge on any atom is 0.323 e. The summed E-state index contributed by atoms with van der Waals surface area (Å²) < 4.78 is 5.30. The predicted molar refractivity (Wildman–Crippen MR) is 84.9 cm³/mol. The molecule has 22 heavy (non-hydrogen) atoms. The molecule has 4 heteroatoms. The van der Waals surface area contributed by atoms with Gasteiger partial charge in [-0.2, -0.15) is 0 Å². The topological polar surface area (TPSA) is 58.6 Å². The summed E-state index contributed by atoms with van der Waals surface area (Å²) in [6.07, 6.45) is 8.68. The van der Waals surface area contributed by atoms with Crippen LogP contribution in [-0.4, -0.2) is 28.8 Å². The molecule has 0 aromatic heterocycles. The first kappa shape index (κ1) is 16.5. The second-order valence-electron chi connectivity index (χ2n) is 5.85. The molecule has 0 heterocycles. The summed E-state index contributed by atoms with van der Waals surface area (Å²) in [4.78, 5) is 12.1. The molecule has 1 aliphatic rings. The Morgan fingerprint density at radius 1 is 1.50 bits per heavy atom. The number of nitrogens with one attached hydrogen (secondary N) is 1. The quantitative estimate of drug-likeness (QED) is 0.645. The van der Waals surface area contributed by atoms with Crippen LogP contribution in [0.3, 0.4) is 0 Å². The van der Waals surface area contributed by atoms with Crippen LogP contribution in [0.1, 0.15) is 38.2 Å². The van der Waals surface area contributed by atoms with Crippen molar-refractivity contribution < 1.29 is 14.6 Å². The van der Waals surface area contributed by atoms with Gasteiger partial charge in [0, 0.05) is 6.04 Å². The fourth-order valence-corrected chi connectivity index (χ4v) is 2.77. The fourth-order valence-electron chi connectivity index (χ4n) is 2.77. The van der Waals surface area contributed by atoms with Crippen LogP contribution in [-0.2, 0) is 16.1 Å². The van der Waals surface area contributed by atoms with Crippen LogP contribution >= 0.6 is 0 Å². The molecule has 1 aliphatic carbocycles. The lowest BCUT2D eigenvalue weighted by Crippen LogP contribution is -2.56. The normalized spacial score (nSPS) is 26.0. The molecule has 0 radical (unpaired) electrons. The number of benzene rings is 1. The van der Waals surface area contributed by atoms with Crippen LogP contribution in [0.2, 0.25) is 0 Å². The molecular formula is C18H23NO3. The van der Waals surface area contributed by atoms with Gasteiger partial charge in [0.2, 0.25) is 0 Å². The van der Waals surface area contributed by atoms with Crippen molar-refractivity contribution in [1.29, 1.82) is 0 Å². The lowest BCUT2D eigenvalue weighted by atomic mass is 9.80. The number of carbonyl (C=O) groups is 1. The van der Waals surface area contributed by atoms with Crippen LogP contribution in [0, 0.1) is 12.3 Å². The summed E-state index contributed by atoms with van der Waals surface area (Å²) in [5.74, 6) is 2.13. The number of carbonyl (C=O) groups excluding carboxylic acids is 1. The van der Waals surface area contributed by atoms with Gasteiger partial charge in [-0.05, 0) is 31.7 Å². The fraction of sp³-hybridized carbons (Fsp3) is 0.500. The molecule has 1 fully saturated rings. The van der Waals surface area contributed by atoms with E-state index >= 15 is 0 Å². The number of aliphatic hydroxyl groups is 1. The molecule has 0 saturated heterocycles. The number of ether oxygens (including phenoxy) is 1. The lowest BCUT2D eigenvalue weighted by molar-refractivity contribution is -0.147. The first-order valence-electron chi connectivity index (χ1n) is 7.72. The molecule has 2 N–H and O–H groups in total. The second-order valence-corrected chi connectivity index (χ2v) is 5.85. The van der Waals surface area contributed by atoms with Gasteiger partial charge < -0.3 is 9.84 Å². The third-order valence-electron chi connectivity index (χ3n) is 4.16. The molecule has 0 unspecified atom stereocenters. The Morgan fingerprint density at radius 2 is 2.23 bits per heavy atom. The molecule has 1 aromatic carbocycles. The highest BCUT2D eigenvalue weighted by Gasteiger charge is 2.38. The maximum absolute atomic E-state index is 12.1. The van der Waals surface area contributed by atoms with Crippen molar-refractivity contribution in [3.05, 3.63) is 35.9 Å². The van der Waals surface area contributed by atoms with E-state index in [9.17, 15) is 9.90 Å². The molecule has 1 aromatic rings. The van der Waals surface area contributed by atoms with Gasteiger partial charge >= 0.3 is 5.97 Å². The summed E-state index contributed by atoms with van der Waals surface area (Å²) in [6, 6.07) is 8.75. The summed E-state index contributed by atoms with van der Waals surface area (Å²) >= 11 is 0. The zero-order valence-electron chi connectivity index (χ0n) is 12.9. The van der Waals surface area contributed by atoms with Gasteiger partial charge in [0.15, 0.2) is 0 Å². The Labute approximate surface area is 131 Å². The van der Waals surface area contributed by atoms with E-state index in [0.717, 1.165) is 24.8 Å². The van der Waals surface area contributed by atoms with Crippen LogP contribution < -0.4 is 5.32 Å². The minimum Gasteiger partial charge on any atom is -0.460 e. The number of rotatable bonds is 5. The van der Waals surface area contributed by atoms with Crippen molar-refractivity contribution in [3.8, 4) is 12.3 Å². The van der Waals surface area contributed by atoms with Gasteiger partial charge in [-0.25, -0.2) is 0 Å². The average Bonchev–Trinajstić information content (AvgIpc) is 2.55. The van der Waals surface area contributed by atoms with Crippen molar-refractivity contribution in [2.75, 3.05) is 0 Å². The molecule has 2 rings (SSSR count). The van der Waals surface area contributed by atoms with E-state index in [-0.39, 0.29) is 18.6 Å². The largest absolute Gasteiger partial charge is 0.460 e. The van der Waals surface area contributed by atoms with E-state index in [0.29, 0.717) is 6.42 Å². The molecule has 0 aliphatic heterocycles. The number of esters is 1. The highest BCUT2D eigenvalue weighted by Crippen LogP contribution is 2.28. The molecule has 0 amide bonds. The van der Waals surface area contributed by atoms with Crippen molar-refractivity contribution in [2.45, 2.75) is 56.9 Å². The van der Waals surface area contributed by atoms with Crippen molar-refractivity contribution in [3.63, 3.8) is 0 Å². The van der Waals surface area contributed by atoms with Crippen molar-refractivity contribution in [2.24, 2.45) is 0 Å². The van der Waals surface area contributed by atoms with Crippen LogP contribution in [0.5, 0.6) is 0 Å². The van der Waals surface area contributed by atoms with E-state index in [4.69, 9.17) is 11.2 Å². The van der Waals surface area contributed by atoms with Gasteiger partial charge in [0.1, 0.15) is 18.2 Å². The number of hydrogen-bond donors (Lipinski definition) is 2. The molecule has 0 spiro atoms. The average molecular weight is 301 g/mol. The molecule has 1 saturated carbocycles. The SMILES string of the molecule is C#C[C@]1(O)CCCC[C@H]1N[C@H](C)C(=O)OCc1ccccc1. The minimum atomic E-state index is -1.17. The monoisotopic (exact) mass is 301 g/mol. The summed E-state index contributed by atoms with van der Waals surface area (Å²) in [6.45, 7) is 1.98. The third-order valence-corrected chi connectivity index (χ3v) is 4.16. The first-order valence-corrected chi connectivity index (χ1v) is 7.72. The summed E-state index contributed by atoms with van der Waals surface area (Å²) in [7, 11) is 0. The lowest BCUT2D eigenvalue weighted by Gasteiger charge is -2.37. The van der Waals surface area contributed by atoms with E-state index in [2.05, 4.69) is 11.2 Å². The van der Waals surface area contributed by atoms with Crippen molar-refractivity contribution in [1.82, 2.24) is 5.32 Å². The van der Waals surface area contributed by atoms with E-state index in [1.165, 1.54) is 0 Å². The number of hydrogen-bond acceptors (Lipinski definition) is 4. The third kappa shape index (κ3) is 4.09. The molecule has 0 bridgehead atoms. The summed E-state index contributed by atoms with van der Waals surface area (Å²) in [5.41, 5.74) is -0.229. The highest BCUT2D eigenvalue weighted by atomic mass is 16.5. The van der Waals surface area contributed by atoms with Crippen LogP contribution in [0.4, 0.5) is 0 Å². The second kappa shape index (κ2) is 7.44. The van der Waals surface area contributed by atoms with E-state index in [1.54, 1.807) is 6.92 Å². The van der Waals surface area contributed by atoms with Gasteiger partial charge in [0.05, 0.1) is 0 Å². The first-order chi connectivity index (χ1) is 10.5. The molecule has 4 nitrogen and oxygen atoms in total. The number of terminal acetylenes is 1. The summed E-state index contributed by atoms with van der Waals surface area (Å²) in [5, 5.41) is 13.6. The Balaban J connectivity index is 1.87. The van der Waals surface area contributed by atoms with Crippen LogP contribution in [0.25, 0.3) is 0 Å². The smallest absolute Gasteiger partial charge is 0.323 e. The van der Waals surface area contributed by atoms with E-state index in [1.807, 2.05) is 30.3 Å². The van der Waals surface area contributed by atoms with Gasteiger partial charge in [0.25, 0.3) is 0 Å². The molecule has 3 atom stereocenters. The zero-order valence-corrected chi connectivity index (χ0v) is 12.9. The molecular weight excluding hydrogens is 278 g/mol. The highest BCUT2D eigenvalue weighted by molar-refractivity contribution is 5.75. The standard InChI is InChI=1S/C18H23NO3/c1-3-18(21)12-8-7-11-16(18)19-14(2)17(20)22-13-15-9-5-4-6-10-15/h1,4-6,9-10,14,16,19,21H,7-8,11-13H2,2H3/t14-,16-,18+/m1/s1. The predicted octanol–water partition coefficient (Wildman–Crippen LogP) is 2.01. The van der Waals surface area contributed by atoms with Gasteiger partial charge in [-0.15, -0.1) is 6.42 Å². The van der Waals surface area contributed by atoms with Gasteiger partial charge in [-0.3, -0.25) is 10.1 Å².